The SMILES string of the molecule is Cc1nc(N=CCc2ccc(Nc3cccc(C(F)(F)F)c3)cn2)nc2cc(-c3ccccc3)ccc12. The number of nitrogens with one attached hydrogen (secondary N) is 1. The van der Waals surface area contributed by atoms with E-state index in [2.05, 4.69) is 43.5 Å². The lowest BCUT2D eigenvalue weighted by Crippen LogP contribution is -2.05. The molecule has 0 radical (unpaired) electrons. The van der Waals surface area contributed by atoms with E-state index in [0.717, 1.165) is 45.6 Å². The average Bonchev–Trinajstić information content (AvgIpc) is 2.90. The van der Waals surface area contributed by atoms with Gasteiger partial charge in [-0.3, -0.25) is 4.98 Å². The molecule has 5 aromatic rings. The smallest absolute Gasteiger partial charge is 0.354 e. The molecule has 8 heteroatoms. The zero-order valence-electron chi connectivity index (χ0n) is 19.9. The number of anilines is 2. The van der Waals surface area contributed by atoms with Gasteiger partial charge in [0.2, 0.25) is 5.95 Å². The molecule has 2 heterocycles. The molecule has 0 aliphatic carbocycles. The minimum atomic E-state index is -4.39. The molecule has 0 fully saturated rings. The van der Waals surface area contributed by atoms with Gasteiger partial charge in [0.25, 0.3) is 0 Å². The molecule has 37 heavy (non-hydrogen) atoms. The van der Waals surface area contributed by atoms with Crippen LogP contribution in [0, 0.1) is 6.92 Å². The Morgan fingerprint density at radius 3 is 2.43 bits per heavy atom. The van der Waals surface area contributed by atoms with Gasteiger partial charge in [0.15, 0.2) is 0 Å². The summed E-state index contributed by atoms with van der Waals surface area (Å²) in [6.45, 7) is 1.93. The Hall–Kier alpha value is -4.59. The number of halogens is 3. The summed E-state index contributed by atoms with van der Waals surface area (Å²) in [6, 6.07) is 24.8. The summed E-state index contributed by atoms with van der Waals surface area (Å²) in [6.07, 6.45) is -0.667. The molecule has 0 saturated heterocycles. The second-order valence-electron chi connectivity index (χ2n) is 8.46. The zero-order valence-corrected chi connectivity index (χ0v) is 19.9. The molecule has 0 aliphatic heterocycles. The summed E-state index contributed by atoms with van der Waals surface area (Å²) in [5, 5.41) is 3.93. The van der Waals surface area contributed by atoms with Crippen molar-refractivity contribution in [2.75, 3.05) is 5.32 Å². The molecule has 0 saturated carbocycles. The number of aromatic nitrogens is 3. The van der Waals surface area contributed by atoms with Crippen LogP contribution in [0.4, 0.5) is 30.5 Å². The van der Waals surface area contributed by atoms with Crippen molar-refractivity contribution in [1.29, 1.82) is 0 Å². The summed E-state index contributed by atoms with van der Waals surface area (Å²) in [7, 11) is 0. The predicted octanol–water partition coefficient (Wildman–Crippen LogP) is 7.71. The van der Waals surface area contributed by atoms with E-state index < -0.39 is 11.7 Å². The maximum absolute atomic E-state index is 12.9. The van der Waals surface area contributed by atoms with E-state index in [0.29, 0.717) is 23.7 Å². The lowest BCUT2D eigenvalue weighted by atomic mass is 10.0. The molecule has 0 spiro atoms. The van der Waals surface area contributed by atoms with E-state index in [9.17, 15) is 13.2 Å². The minimum Gasteiger partial charge on any atom is -0.354 e. The summed E-state index contributed by atoms with van der Waals surface area (Å²) >= 11 is 0. The Morgan fingerprint density at radius 1 is 0.838 bits per heavy atom. The van der Waals surface area contributed by atoms with Gasteiger partial charge < -0.3 is 5.32 Å². The van der Waals surface area contributed by atoms with Crippen LogP contribution in [0.5, 0.6) is 0 Å². The fraction of sp³-hybridized carbons (Fsp3) is 0.103. The molecular weight excluding hydrogens is 475 g/mol. The van der Waals surface area contributed by atoms with Crippen molar-refractivity contribution in [1.82, 2.24) is 15.0 Å². The number of nitrogens with zero attached hydrogens (tertiary/aromatic N) is 4. The van der Waals surface area contributed by atoms with Gasteiger partial charge in [-0.25, -0.2) is 15.0 Å². The van der Waals surface area contributed by atoms with E-state index in [4.69, 9.17) is 0 Å². The maximum Gasteiger partial charge on any atom is 0.416 e. The molecule has 0 bridgehead atoms. The highest BCUT2D eigenvalue weighted by molar-refractivity contribution is 5.86. The zero-order chi connectivity index (χ0) is 25.8. The third-order valence-corrected chi connectivity index (χ3v) is 5.79. The van der Waals surface area contributed by atoms with Gasteiger partial charge in [-0.2, -0.15) is 13.2 Å². The maximum atomic E-state index is 12.9. The molecule has 0 amide bonds. The Labute approximate surface area is 211 Å². The summed E-state index contributed by atoms with van der Waals surface area (Å²) in [4.78, 5) is 17.9. The highest BCUT2D eigenvalue weighted by Crippen LogP contribution is 2.31. The number of aliphatic imine (C=N–C) groups is 1. The second-order valence-corrected chi connectivity index (χ2v) is 8.46. The summed E-state index contributed by atoms with van der Waals surface area (Å²) < 4.78 is 38.8. The first-order valence-electron chi connectivity index (χ1n) is 11.6. The van der Waals surface area contributed by atoms with Crippen LogP contribution in [0.2, 0.25) is 0 Å². The number of hydrogen-bond acceptors (Lipinski definition) is 5. The summed E-state index contributed by atoms with van der Waals surface area (Å²) in [5.41, 5.74) is 4.83. The van der Waals surface area contributed by atoms with Crippen molar-refractivity contribution < 1.29 is 13.2 Å². The van der Waals surface area contributed by atoms with Crippen molar-refractivity contribution in [2.45, 2.75) is 19.5 Å². The van der Waals surface area contributed by atoms with Crippen LogP contribution in [0.15, 0.2) is 96.1 Å². The Kier molecular flexibility index (Phi) is 6.64. The number of pyridine rings is 1. The van der Waals surface area contributed by atoms with Gasteiger partial charge in [0, 0.05) is 29.4 Å². The molecule has 3 aromatic carbocycles. The van der Waals surface area contributed by atoms with E-state index >= 15 is 0 Å². The number of rotatable bonds is 6. The number of aryl methyl sites for hydroxylation is 1. The second kappa shape index (κ2) is 10.2. The number of alkyl halides is 3. The van der Waals surface area contributed by atoms with E-state index in [1.807, 2.05) is 37.3 Å². The lowest BCUT2D eigenvalue weighted by Gasteiger charge is -2.10. The molecule has 0 aliphatic rings. The fourth-order valence-electron chi connectivity index (χ4n) is 3.92. The topological polar surface area (TPSA) is 63.1 Å². The fourth-order valence-corrected chi connectivity index (χ4v) is 3.92. The van der Waals surface area contributed by atoms with Gasteiger partial charge in [0.1, 0.15) is 0 Å². The highest BCUT2D eigenvalue weighted by atomic mass is 19.4. The lowest BCUT2D eigenvalue weighted by molar-refractivity contribution is -0.137. The van der Waals surface area contributed by atoms with Crippen LogP contribution in [-0.2, 0) is 12.6 Å². The van der Waals surface area contributed by atoms with E-state index in [1.54, 1.807) is 30.6 Å². The molecule has 5 nitrogen and oxygen atoms in total. The van der Waals surface area contributed by atoms with Gasteiger partial charge in [-0.05, 0) is 54.4 Å². The third kappa shape index (κ3) is 5.81. The van der Waals surface area contributed by atoms with Crippen molar-refractivity contribution in [3.05, 3.63) is 108 Å². The van der Waals surface area contributed by atoms with Crippen LogP contribution < -0.4 is 5.32 Å². The van der Waals surface area contributed by atoms with Crippen LogP contribution in [-0.4, -0.2) is 21.2 Å². The van der Waals surface area contributed by atoms with E-state index in [1.165, 1.54) is 6.07 Å². The van der Waals surface area contributed by atoms with E-state index in [-0.39, 0.29) is 0 Å². The Morgan fingerprint density at radius 2 is 1.68 bits per heavy atom. The molecular formula is C29H22F3N5. The quantitative estimate of drug-likeness (QED) is 0.244. The number of benzene rings is 3. The first-order valence-corrected chi connectivity index (χ1v) is 11.6. The standard InChI is InChI=1S/C29H22F3N5/c1-19-26-13-10-21(20-6-3-2-4-7-20)16-27(26)37-28(35-19)33-15-14-23-11-12-25(18-34-23)36-24-9-5-8-22(17-24)29(30,31)32/h2-13,15-18,36H,14H2,1H3. The normalized spacial score (nSPS) is 11.8. The summed E-state index contributed by atoms with van der Waals surface area (Å²) in [5.74, 6) is 0.373. The minimum absolute atomic E-state index is 0.338. The van der Waals surface area contributed by atoms with Crippen molar-refractivity contribution in [3.63, 3.8) is 0 Å². The Bertz CT molecular complexity index is 1560. The van der Waals surface area contributed by atoms with Crippen LogP contribution in [0.1, 0.15) is 17.0 Å². The Balaban J connectivity index is 1.27. The average molecular weight is 498 g/mol. The van der Waals surface area contributed by atoms with Gasteiger partial charge in [-0.1, -0.05) is 48.5 Å². The molecule has 5 rings (SSSR count). The van der Waals surface area contributed by atoms with Gasteiger partial charge in [-0.15, -0.1) is 0 Å². The molecule has 184 valence electrons. The predicted molar refractivity (Wildman–Crippen MR) is 141 cm³/mol. The first-order chi connectivity index (χ1) is 17.8. The molecule has 1 N–H and O–H groups in total. The first kappa shape index (κ1) is 24.1. The van der Waals surface area contributed by atoms with Crippen LogP contribution in [0.25, 0.3) is 22.0 Å². The third-order valence-electron chi connectivity index (χ3n) is 5.79. The number of fused-ring (bicyclic) bond motifs is 1. The van der Waals surface area contributed by atoms with Gasteiger partial charge in [0.05, 0.1) is 28.7 Å². The van der Waals surface area contributed by atoms with Crippen molar-refractivity contribution >= 4 is 34.4 Å². The van der Waals surface area contributed by atoms with Crippen molar-refractivity contribution in [3.8, 4) is 11.1 Å². The van der Waals surface area contributed by atoms with Crippen molar-refractivity contribution in [2.24, 2.45) is 4.99 Å². The van der Waals surface area contributed by atoms with Crippen LogP contribution >= 0.6 is 0 Å². The van der Waals surface area contributed by atoms with Crippen LogP contribution in [0.3, 0.4) is 0 Å². The monoisotopic (exact) mass is 497 g/mol. The number of hydrogen-bond donors (Lipinski definition) is 1. The largest absolute Gasteiger partial charge is 0.416 e. The molecule has 0 atom stereocenters. The molecule has 0 unspecified atom stereocenters. The highest BCUT2D eigenvalue weighted by Gasteiger charge is 2.30. The molecule has 2 aromatic heterocycles. The van der Waals surface area contributed by atoms with Gasteiger partial charge >= 0.3 is 6.18 Å².